The van der Waals surface area contributed by atoms with Gasteiger partial charge in [-0.2, -0.15) is 0 Å². The van der Waals surface area contributed by atoms with Gasteiger partial charge in [-0.25, -0.2) is 9.40 Å². The van der Waals surface area contributed by atoms with E-state index in [-0.39, 0.29) is 17.5 Å². The summed E-state index contributed by atoms with van der Waals surface area (Å²) in [5.41, 5.74) is 4.74. The highest BCUT2D eigenvalue weighted by Gasteiger charge is 2.34. The average molecular weight is 257 g/mol. The van der Waals surface area contributed by atoms with E-state index in [4.69, 9.17) is 0 Å². The molecule has 19 heavy (non-hydrogen) atoms. The van der Waals surface area contributed by atoms with E-state index in [1.54, 1.807) is 0 Å². The molecule has 0 saturated carbocycles. The van der Waals surface area contributed by atoms with Gasteiger partial charge in [0.2, 0.25) is 0 Å². The fourth-order valence-corrected chi connectivity index (χ4v) is 2.20. The minimum Gasteiger partial charge on any atom is -0.288 e. The topological polar surface area (TPSA) is 45.2 Å². The zero-order valence-corrected chi connectivity index (χ0v) is 10.3. The number of amides is 1. The van der Waals surface area contributed by atoms with Crippen molar-refractivity contribution < 1.29 is 9.18 Å². The molecular weight excluding hydrogens is 245 g/mol. The van der Waals surface area contributed by atoms with Crippen molar-refractivity contribution in [3.8, 4) is 0 Å². The Kier molecular flexibility index (Phi) is 2.67. The molecule has 2 aromatic rings. The second kappa shape index (κ2) is 4.35. The molecule has 1 aliphatic heterocycles. The zero-order chi connectivity index (χ0) is 13.4. The van der Waals surface area contributed by atoms with E-state index >= 15 is 0 Å². The lowest BCUT2D eigenvalue weighted by atomic mass is 10.0. The van der Waals surface area contributed by atoms with E-state index in [2.05, 4.69) is 10.4 Å². The van der Waals surface area contributed by atoms with Gasteiger partial charge >= 0.3 is 0 Å². The average Bonchev–Trinajstić information content (AvgIpc) is 2.67. The lowest BCUT2D eigenvalue weighted by molar-refractivity contribution is -0.118. The molecule has 3 rings (SSSR count). The van der Waals surface area contributed by atoms with Crippen molar-refractivity contribution in [2.24, 2.45) is 0 Å². The molecule has 1 amide bonds. The molecule has 0 spiro atoms. The summed E-state index contributed by atoms with van der Waals surface area (Å²) in [6.07, 6.45) is 2.58. The van der Waals surface area contributed by atoms with Crippen molar-refractivity contribution in [2.75, 3.05) is 10.4 Å². The lowest BCUT2D eigenvalue weighted by Crippen LogP contribution is -2.34. The van der Waals surface area contributed by atoms with Gasteiger partial charge in [0.05, 0.1) is 23.5 Å². The van der Waals surface area contributed by atoms with Crippen LogP contribution in [0.25, 0.3) is 0 Å². The number of nitrogens with one attached hydrogen (secondary N) is 1. The number of anilines is 2. The van der Waals surface area contributed by atoms with Crippen LogP contribution in [0, 0.1) is 5.82 Å². The number of aromatic nitrogens is 1. The third-order valence-corrected chi connectivity index (χ3v) is 3.24. The molecule has 96 valence electrons. The molecule has 0 bridgehead atoms. The second-order valence-corrected chi connectivity index (χ2v) is 4.42. The van der Waals surface area contributed by atoms with Crippen LogP contribution in [0.15, 0.2) is 42.7 Å². The summed E-state index contributed by atoms with van der Waals surface area (Å²) in [7, 11) is 0. The fourth-order valence-electron chi connectivity index (χ4n) is 2.20. The van der Waals surface area contributed by atoms with Gasteiger partial charge in [-0.15, -0.1) is 0 Å². The predicted molar refractivity (Wildman–Crippen MR) is 70.2 cm³/mol. The molecule has 1 N–H and O–H groups in total. The van der Waals surface area contributed by atoms with Crippen LogP contribution in [0.5, 0.6) is 0 Å². The Labute approximate surface area is 109 Å². The van der Waals surface area contributed by atoms with Gasteiger partial charge in [-0.1, -0.05) is 18.2 Å². The standard InChI is InChI=1S/C14H12FN3O/c1-9-10-4-2-3-5-13(10)18(14(9)19)17-12-6-7-16-8-11(12)15/h2-9H,1H3,(H,16,17). The Balaban J connectivity index is 1.98. The van der Waals surface area contributed by atoms with E-state index in [0.717, 1.165) is 17.4 Å². The molecule has 0 fully saturated rings. The molecule has 0 aliphatic carbocycles. The molecule has 1 atom stereocenters. The summed E-state index contributed by atoms with van der Waals surface area (Å²) in [4.78, 5) is 15.9. The molecule has 0 saturated heterocycles. The second-order valence-electron chi connectivity index (χ2n) is 4.42. The maximum atomic E-state index is 13.6. The highest BCUT2D eigenvalue weighted by atomic mass is 19.1. The molecule has 0 radical (unpaired) electrons. The molecule has 5 heteroatoms. The fraction of sp³-hybridized carbons (Fsp3) is 0.143. The first-order chi connectivity index (χ1) is 9.18. The minimum absolute atomic E-state index is 0.0996. The first kappa shape index (κ1) is 11.6. The van der Waals surface area contributed by atoms with Crippen LogP contribution in [0.2, 0.25) is 0 Å². The SMILES string of the molecule is CC1C(=O)N(Nc2ccncc2F)c2ccccc21. The summed E-state index contributed by atoms with van der Waals surface area (Å²) in [5, 5.41) is 1.39. The quantitative estimate of drug-likeness (QED) is 0.899. The van der Waals surface area contributed by atoms with E-state index in [0.29, 0.717) is 0 Å². The molecular formula is C14H12FN3O. The number of pyridine rings is 1. The normalized spacial score (nSPS) is 17.5. The number of hydrogen-bond donors (Lipinski definition) is 1. The number of hydrogen-bond acceptors (Lipinski definition) is 3. The highest BCUT2D eigenvalue weighted by Crippen LogP contribution is 2.36. The molecule has 2 heterocycles. The van der Waals surface area contributed by atoms with Gasteiger partial charge in [0, 0.05) is 6.20 Å². The summed E-state index contributed by atoms with van der Waals surface area (Å²) < 4.78 is 13.6. The van der Waals surface area contributed by atoms with Crippen molar-refractivity contribution in [2.45, 2.75) is 12.8 Å². The van der Waals surface area contributed by atoms with Crippen molar-refractivity contribution >= 4 is 17.3 Å². The minimum atomic E-state index is -0.493. The monoisotopic (exact) mass is 257 g/mol. The van der Waals surface area contributed by atoms with E-state index in [1.165, 1.54) is 17.3 Å². The number of nitrogens with zero attached hydrogens (tertiary/aromatic N) is 2. The van der Waals surface area contributed by atoms with Crippen LogP contribution in [-0.2, 0) is 4.79 Å². The molecule has 1 aromatic heterocycles. The smallest absolute Gasteiger partial charge is 0.252 e. The van der Waals surface area contributed by atoms with Gasteiger partial charge in [0.25, 0.3) is 5.91 Å². The molecule has 4 nitrogen and oxygen atoms in total. The lowest BCUT2D eigenvalue weighted by Gasteiger charge is -2.20. The van der Waals surface area contributed by atoms with Gasteiger partial charge in [0.15, 0.2) is 5.82 Å². The first-order valence-electron chi connectivity index (χ1n) is 5.97. The summed E-state index contributed by atoms with van der Waals surface area (Å²) >= 11 is 0. The van der Waals surface area contributed by atoms with Crippen LogP contribution in [-0.4, -0.2) is 10.9 Å². The zero-order valence-electron chi connectivity index (χ0n) is 10.3. The number of carbonyl (C=O) groups excluding carboxylic acids is 1. The number of hydrazine groups is 1. The Morgan fingerprint density at radius 1 is 1.32 bits per heavy atom. The van der Waals surface area contributed by atoms with E-state index < -0.39 is 5.82 Å². The van der Waals surface area contributed by atoms with Crippen LogP contribution in [0.4, 0.5) is 15.8 Å². The Morgan fingerprint density at radius 3 is 2.89 bits per heavy atom. The van der Waals surface area contributed by atoms with E-state index in [9.17, 15) is 9.18 Å². The van der Waals surface area contributed by atoms with Gasteiger partial charge < -0.3 is 0 Å². The molecule has 1 aliphatic rings. The van der Waals surface area contributed by atoms with Gasteiger partial charge in [-0.05, 0) is 24.6 Å². The maximum absolute atomic E-state index is 13.6. The largest absolute Gasteiger partial charge is 0.288 e. The van der Waals surface area contributed by atoms with Gasteiger partial charge in [-0.3, -0.25) is 15.2 Å². The number of para-hydroxylation sites is 1. The van der Waals surface area contributed by atoms with E-state index in [1.807, 2.05) is 31.2 Å². The highest BCUT2D eigenvalue weighted by molar-refractivity contribution is 6.05. The third kappa shape index (κ3) is 1.83. The summed E-state index contributed by atoms with van der Waals surface area (Å²) in [5.74, 6) is -0.821. The van der Waals surface area contributed by atoms with Gasteiger partial charge in [0.1, 0.15) is 0 Å². The van der Waals surface area contributed by atoms with Crippen LogP contribution in [0.3, 0.4) is 0 Å². The number of carbonyl (C=O) groups is 1. The number of fused-ring (bicyclic) bond motifs is 1. The summed E-state index contributed by atoms with van der Waals surface area (Å²) in [6.45, 7) is 1.84. The predicted octanol–water partition coefficient (Wildman–Crippen LogP) is 2.70. The third-order valence-electron chi connectivity index (χ3n) is 3.24. The Bertz CT molecular complexity index is 644. The maximum Gasteiger partial charge on any atom is 0.252 e. The summed E-state index contributed by atoms with van der Waals surface area (Å²) in [6, 6.07) is 8.97. The Morgan fingerprint density at radius 2 is 2.11 bits per heavy atom. The van der Waals surface area contributed by atoms with Crippen molar-refractivity contribution in [1.82, 2.24) is 4.98 Å². The number of benzene rings is 1. The van der Waals surface area contributed by atoms with Crippen LogP contribution in [0.1, 0.15) is 18.4 Å². The molecule has 1 aromatic carbocycles. The van der Waals surface area contributed by atoms with Crippen LogP contribution >= 0.6 is 0 Å². The number of rotatable bonds is 2. The molecule has 1 unspecified atom stereocenters. The Hall–Kier alpha value is -2.43. The first-order valence-corrected chi connectivity index (χ1v) is 5.97. The van der Waals surface area contributed by atoms with Crippen molar-refractivity contribution in [3.05, 3.63) is 54.1 Å². The van der Waals surface area contributed by atoms with Crippen LogP contribution < -0.4 is 10.4 Å². The number of halogens is 1. The van der Waals surface area contributed by atoms with Crippen molar-refractivity contribution in [1.29, 1.82) is 0 Å². The van der Waals surface area contributed by atoms with Crippen molar-refractivity contribution in [3.63, 3.8) is 0 Å².